The monoisotopic (exact) mass is 436 g/mol. The molecule has 2 aromatic rings. The van der Waals surface area contributed by atoms with Crippen molar-refractivity contribution in [3.8, 4) is 0 Å². The van der Waals surface area contributed by atoms with Crippen molar-refractivity contribution in [3.05, 3.63) is 94.6 Å². The maximum absolute atomic E-state index is 11.4. The molecule has 0 spiro atoms. The molecule has 0 fully saturated rings. The van der Waals surface area contributed by atoms with E-state index in [0.29, 0.717) is 0 Å². The number of aliphatic hydroxyl groups is 4. The molecule has 6 heteroatoms. The molecule has 0 saturated heterocycles. The van der Waals surface area contributed by atoms with Crippen LogP contribution < -0.4 is 0 Å². The Morgan fingerprint density at radius 2 is 1.16 bits per heavy atom. The van der Waals surface area contributed by atoms with Gasteiger partial charge in [0.05, 0.1) is 31.8 Å². The number of hydrogen-bond donors (Lipinski definition) is 5. The van der Waals surface area contributed by atoms with E-state index in [1.54, 1.807) is 0 Å². The molecule has 2 unspecified atom stereocenters. The second-order valence-corrected chi connectivity index (χ2v) is 8.05. The van der Waals surface area contributed by atoms with Crippen molar-refractivity contribution < 1.29 is 30.3 Å². The molecule has 0 aromatic heterocycles. The normalized spacial score (nSPS) is 17.9. The Labute approximate surface area is 187 Å². The number of carboxylic acid groups (broad SMARTS) is 1. The van der Waals surface area contributed by atoms with E-state index in [1.807, 2.05) is 24.3 Å². The van der Waals surface area contributed by atoms with E-state index in [1.165, 1.54) is 28.3 Å². The number of allylic oxidation sites excluding steroid dienone is 3. The molecule has 2 aromatic carbocycles. The van der Waals surface area contributed by atoms with Gasteiger partial charge in [0.25, 0.3) is 0 Å². The highest BCUT2D eigenvalue weighted by atomic mass is 16.4. The highest BCUT2D eigenvalue weighted by Crippen LogP contribution is 2.45. The third-order valence-electron chi connectivity index (χ3n) is 5.95. The van der Waals surface area contributed by atoms with Crippen molar-refractivity contribution in [2.75, 3.05) is 26.4 Å². The number of fused-ring (bicyclic) bond motifs is 2. The summed E-state index contributed by atoms with van der Waals surface area (Å²) in [5.41, 5.74) is 4.50. The van der Waals surface area contributed by atoms with Gasteiger partial charge in [-0.25, -0.2) is 4.79 Å². The van der Waals surface area contributed by atoms with E-state index in [0.717, 1.165) is 5.57 Å². The van der Waals surface area contributed by atoms with Gasteiger partial charge in [-0.05, 0) is 27.8 Å². The van der Waals surface area contributed by atoms with Crippen molar-refractivity contribution in [3.63, 3.8) is 0 Å². The van der Waals surface area contributed by atoms with E-state index in [2.05, 4.69) is 48.6 Å². The van der Waals surface area contributed by atoms with Crippen LogP contribution in [0.4, 0.5) is 0 Å². The van der Waals surface area contributed by atoms with Crippen molar-refractivity contribution in [1.29, 1.82) is 0 Å². The fraction of sp³-hybridized carbons (Fsp3) is 0.269. The molecule has 2 aliphatic carbocycles. The molecule has 0 radical (unpaired) electrons. The maximum Gasteiger partial charge on any atom is 0.328 e. The second kappa shape index (κ2) is 10.5. The lowest BCUT2D eigenvalue weighted by Gasteiger charge is -2.23. The minimum atomic E-state index is -1.11. The molecule has 2 atom stereocenters. The SMILES string of the molecule is O=C(O)C=C(C1C=Cc2ccccc21)C1C=Cc2ccccc21.OCC(CO)(CO)CO. The molecule has 4 rings (SSSR count). The van der Waals surface area contributed by atoms with Gasteiger partial charge in [0.1, 0.15) is 0 Å². The largest absolute Gasteiger partial charge is 0.478 e. The highest BCUT2D eigenvalue weighted by Gasteiger charge is 2.30. The predicted octanol–water partition coefficient (Wildman–Crippen LogP) is 2.56. The summed E-state index contributed by atoms with van der Waals surface area (Å²) in [6.07, 6.45) is 9.76. The first kappa shape index (κ1) is 23.6. The fourth-order valence-electron chi connectivity index (χ4n) is 3.90. The summed E-state index contributed by atoms with van der Waals surface area (Å²) in [5.74, 6) is -0.859. The van der Waals surface area contributed by atoms with Crippen molar-refractivity contribution >= 4 is 18.1 Å². The van der Waals surface area contributed by atoms with E-state index < -0.39 is 37.8 Å². The summed E-state index contributed by atoms with van der Waals surface area (Å²) in [6.45, 7) is -1.62. The van der Waals surface area contributed by atoms with E-state index >= 15 is 0 Å². The third kappa shape index (κ3) is 4.89. The van der Waals surface area contributed by atoms with Gasteiger partial charge < -0.3 is 25.5 Å². The van der Waals surface area contributed by atoms with Gasteiger partial charge >= 0.3 is 5.97 Å². The molecular weight excluding hydrogens is 408 g/mol. The van der Waals surface area contributed by atoms with Gasteiger partial charge in [-0.1, -0.05) is 72.8 Å². The first-order valence-electron chi connectivity index (χ1n) is 10.4. The molecular formula is C26H28O6. The zero-order chi connectivity index (χ0) is 23.1. The second-order valence-electron chi connectivity index (χ2n) is 8.05. The molecule has 6 nitrogen and oxygen atoms in total. The topological polar surface area (TPSA) is 118 Å². The maximum atomic E-state index is 11.4. The number of carbonyl (C=O) groups is 1. The molecule has 5 N–H and O–H groups in total. The summed E-state index contributed by atoms with van der Waals surface area (Å²) in [7, 11) is 0. The number of aliphatic hydroxyl groups excluding tert-OH is 4. The van der Waals surface area contributed by atoms with Crippen molar-refractivity contribution in [2.24, 2.45) is 5.41 Å². The lowest BCUT2D eigenvalue weighted by molar-refractivity contribution is -0.131. The van der Waals surface area contributed by atoms with Gasteiger partial charge in [0.15, 0.2) is 0 Å². The van der Waals surface area contributed by atoms with Gasteiger partial charge in [0.2, 0.25) is 0 Å². The first-order valence-corrected chi connectivity index (χ1v) is 10.4. The Balaban J connectivity index is 0.000000275. The summed E-state index contributed by atoms with van der Waals surface area (Å²) < 4.78 is 0. The number of rotatable bonds is 7. The summed E-state index contributed by atoms with van der Waals surface area (Å²) in [6, 6.07) is 16.4. The van der Waals surface area contributed by atoms with Crippen LogP contribution in [0.5, 0.6) is 0 Å². The smallest absolute Gasteiger partial charge is 0.328 e. The van der Waals surface area contributed by atoms with Crippen LogP contribution in [0.1, 0.15) is 34.1 Å². The molecule has 168 valence electrons. The van der Waals surface area contributed by atoms with Crippen LogP contribution >= 0.6 is 0 Å². The van der Waals surface area contributed by atoms with Crippen molar-refractivity contribution in [1.82, 2.24) is 0 Å². The number of carboxylic acids is 1. The van der Waals surface area contributed by atoms with Gasteiger partial charge in [-0.15, -0.1) is 0 Å². The van der Waals surface area contributed by atoms with Crippen LogP contribution in [0.3, 0.4) is 0 Å². The standard InChI is InChI=1S/C21H16O2.C5H12O4/c22-21(23)13-20(18-11-9-14-5-1-3-7-16(14)18)19-12-10-15-6-2-4-8-17(15)19;6-1-5(2-7,3-8)4-9/h1-13,18-19H,(H,22,23);6-9H,1-4H2. The van der Waals surface area contributed by atoms with E-state index in [-0.39, 0.29) is 11.8 Å². The van der Waals surface area contributed by atoms with Crippen LogP contribution in [0, 0.1) is 5.41 Å². The highest BCUT2D eigenvalue weighted by molar-refractivity contribution is 5.83. The predicted molar refractivity (Wildman–Crippen MR) is 123 cm³/mol. The third-order valence-corrected chi connectivity index (χ3v) is 5.95. The Morgan fingerprint density at radius 3 is 1.50 bits per heavy atom. The Bertz CT molecular complexity index is 951. The Hall–Kier alpha value is -3.03. The lowest BCUT2D eigenvalue weighted by atomic mass is 9.81. The van der Waals surface area contributed by atoms with E-state index in [4.69, 9.17) is 20.4 Å². The van der Waals surface area contributed by atoms with Crippen LogP contribution in [0.15, 0.2) is 72.3 Å². The van der Waals surface area contributed by atoms with Crippen LogP contribution in [0.2, 0.25) is 0 Å². The lowest BCUT2D eigenvalue weighted by Crippen LogP contribution is -2.37. The van der Waals surface area contributed by atoms with Gasteiger partial charge in [-0.3, -0.25) is 0 Å². The fourth-order valence-corrected chi connectivity index (χ4v) is 3.90. The van der Waals surface area contributed by atoms with Gasteiger partial charge in [0, 0.05) is 17.9 Å². The summed E-state index contributed by atoms with van der Waals surface area (Å²) >= 11 is 0. The number of benzene rings is 2. The van der Waals surface area contributed by atoms with E-state index in [9.17, 15) is 9.90 Å². The molecule has 32 heavy (non-hydrogen) atoms. The minimum Gasteiger partial charge on any atom is -0.478 e. The quantitative estimate of drug-likeness (QED) is 0.426. The Morgan fingerprint density at radius 1 is 0.750 bits per heavy atom. The van der Waals surface area contributed by atoms with Gasteiger partial charge in [-0.2, -0.15) is 0 Å². The van der Waals surface area contributed by atoms with Crippen LogP contribution in [-0.2, 0) is 4.79 Å². The number of hydrogen-bond acceptors (Lipinski definition) is 5. The van der Waals surface area contributed by atoms with Crippen LogP contribution in [0.25, 0.3) is 12.2 Å². The van der Waals surface area contributed by atoms with Crippen molar-refractivity contribution in [2.45, 2.75) is 11.8 Å². The Kier molecular flexibility index (Phi) is 7.77. The average molecular weight is 437 g/mol. The zero-order valence-corrected chi connectivity index (χ0v) is 17.6. The molecule has 0 aliphatic heterocycles. The molecule has 0 bridgehead atoms. The molecule has 0 saturated carbocycles. The molecule has 0 heterocycles. The molecule has 0 amide bonds. The average Bonchev–Trinajstić information content (AvgIpc) is 3.44. The van der Waals surface area contributed by atoms with Crippen LogP contribution in [-0.4, -0.2) is 57.9 Å². The molecule has 2 aliphatic rings. The zero-order valence-electron chi connectivity index (χ0n) is 17.6. The minimum absolute atomic E-state index is 0.0168. The summed E-state index contributed by atoms with van der Waals surface area (Å²) in [4.78, 5) is 11.4. The summed E-state index contributed by atoms with van der Waals surface area (Å²) in [5, 5.41) is 43.4. The number of aliphatic carboxylic acids is 1. The first-order chi connectivity index (χ1) is 15.5.